The van der Waals surface area contributed by atoms with Crippen LogP contribution in [0.4, 0.5) is 0 Å². The van der Waals surface area contributed by atoms with Crippen LogP contribution in [0.5, 0.6) is 0 Å². The van der Waals surface area contributed by atoms with Crippen LogP contribution in [0.25, 0.3) is 0 Å². The van der Waals surface area contributed by atoms with Gasteiger partial charge in [0.05, 0.1) is 0 Å². The van der Waals surface area contributed by atoms with Gasteiger partial charge in [-0.15, -0.1) is 24.0 Å². The molecule has 1 aliphatic rings. The number of rotatable bonds is 7. The van der Waals surface area contributed by atoms with Gasteiger partial charge in [0.25, 0.3) is 0 Å². The average Bonchev–Trinajstić information content (AvgIpc) is 2.89. The Balaban J connectivity index is 0.00000400. The van der Waals surface area contributed by atoms with Gasteiger partial charge in [-0.25, -0.2) is 0 Å². The number of hydrogen-bond donors (Lipinski definition) is 2. The summed E-state index contributed by atoms with van der Waals surface area (Å²) in [5.74, 6) is 2.97. The normalized spacial score (nSPS) is 20.5. The fraction of sp³-hybridized carbons (Fsp3) is 0.933. The zero-order valence-corrected chi connectivity index (χ0v) is 17.3. The second kappa shape index (κ2) is 11.8. The van der Waals surface area contributed by atoms with E-state index < -0.39 is 0 Å². The monoisotopic (exact) mass is 428 g/mol. The predicted octanol–water partition coefficient (Wildman–Crippen LogP) is 2.64. The summed E-state index contributed by atoms with van der Waals surface area (Å²) in [6.07, 6.45) is 3.90. The molecule has 0 aromatic rings. The van der Waals surface area contributed by atoms with Crippen LogP contribution in [0.1, 0.15) is 33.1 Å². The van der Waals surface area contributed by atoms with Crippen LogP contribution in [0.15, 0.2) is 4.99 Å². The first-order chi connectivity index (χ1) is 9.52. The number of hydrogen-bond acceptors (Lipinski definition) is 3. The van der Waals surface area contributed by atoms with Crippen molar-refractivity contribution < 1.29 is 0 Å². The van der Waals surface area contributed by atoms with Crippen LogP contribution in [-0.4, -0.2) is 62.1 Å². The quantitative estimate of drug-likeness (QED) is 0.372. The van der Waals surface area contributed by atoms with Gasteiger partial charge in [-0.3, -0.25) is 4.99 Å². The Bertz CT molecular complexity index is 291. The van der Waals surface area contributed by atoms with E-state index in [2.05, 4.69) is 60.2 Å². The molecule has 6 heteroatoms. The summed E-state index contributed by atoms with van der Waals surface area (Å²) in [7, 11) is 6.16. The van der Waals surface area contributed by atoms with Crippen LogP contribution < -0.4 is 10.6 Å². The van der Waals surface area contributed by atoms with E-state index in [9.17, 15) is 0 Å². The van der Waals surface area contributed by atoms with Gasteiger partial charge in [-0.05, 0) is 45.0 Å². The van der Waals surface area contributed by atoms with Crippen molar-refractivity contribution in [1.82, 2.24) is 15.5 Å². The Labute approximate surface area is 152 Å². The van der Waals surface area contributed by atoms with Gasteiger partial charge < -0.3 is 15.5 Å². The molecular weight excluding hydrogens is 395 g/mol. The van der Waals surface area contributed by atoms with Crippen LogP contribution in [0, 0.1) is 5.92 Å². The molecule has 0 spiro atoms. The van der Waals surface area contributed by atoms with Gasteiger partial charge in [0.15, 0.2) is 5.96 Å². The number of thioether (sulfide) groups is 1. The SMILES string of the molecule is CN=C(NCC1CCCS1)NCC(CC(C)C)N(C)C.I. The molecular formula is C15H33IN4S. The molecule has 0 bridgehead atoms. The van der Waals surface area contributed by atoms with Crippen LogP contribution in [0.3, 0.4) is 0 Å². The summed E-state index contributed by atoms with van der Waals surface area (Å²) >= 11 is 2.08. The standard InChI is InChI=1S/C15H32N4S.HI/c1-12(2)9-13(19(4)5)10-17-15(16-3)18-11-14-7-6-8-20-14;/h12-14H,6-11H2,1-5H3,(H2,16,17,18);1H. The third-order valence-electron chi connectivity index (χ3n) is 3.72. The molecule has 0 aromatic carbocycles. The third-order valence-corrected chi connectivity index (χ3v) is 5.12. The van der Waals surface area contributed by atoms with Crippen molar-refractivity contribution in [2.24, 2.45) is 10.9 Å². The van der Waals surface area contributed by atoms with E-state index >= 15 is 0 Å². The zero-order chi connectivity index (χ0) is 15.0. The van der Waals surface area contributed by atoms with Crippen molar-refractivity contribution in [1.29, 1.82) is 0 Å². The van der Waals surface area contributed by atoms with Gasteiger partial charge in [0.1, 0.15) is 0 Å². The van der Waals surface area contributed by atoms with E-state index in [1.165, 1.54) is 25.0 Å². The lowest BCUT2D eigenvalue weighted by atomic mass is 10.0. The molecule has 2 N–H and O–H groups in total. The molecule has 2 unspecified atom stereocenters. The van der Waals surface area contributed by atoms with Gasteiger partial charge >= 0.3 is 0 Å². The lowest BCUT2D eigenvalue weighted by molar-refractivity contribution is 0.254. The summed E-state index contributed by atoms with van der Waals surface area (Å²) < 4.78 is 0. The molecule has 0 radical (unpaired) electrons. The predicted molar refractivity (Wildman–Crippen MR) is 107 cm³/mol. The zero-order valence-electron chi connectivity index (χ0n) is 14.2. The van der Waals surface area contributed by atoms with Crippen molar-refractivity contribution in [2.45, 2.75) is 44.4 Å². The second-order valence-corrected chi connectivity index (χ2v) is 7.62. The van der Waals surface area contributed by atoms with Crippen molar-refractivity contribution in [3.05, 3.63) is 0 Å². The first kappa shape index (κ1) is 21.3. The maximum absolute atomic E-state index is 4.33. The van der Waals surface area contributed by atoms with E-state index in [-0.39, 0.29) is 24.0 Å². The highest BCUT2D eigenvalue weighted by Gasteiger charge is 2.17. The fourth-order valence-electron chi connectivity index (χ4n) is 2.47. The van der Waals surface area contributed by atoms with E-state index in [0.29, 0.717) is 12.0 Å². The summed E-state index contributed by atoms with van der Waals surface area (Å²) in [6.45, 7) is 6.53. The number of aliphatic imine (C=N–C) groups is 1. The lowest BCUT2D eigenvalue weighted by Gasteiger charge is -2.27. The van der Waals surface area contributed by atoms with Crippen molar-refractivity contribution in [3.8, 4) is 0 Å². The smallest absolute Gasteiger partial charge is 0.191 e. The second-order valence-electron chi connectivity index (χ2n) is 6.22. The van der Waals surface area contributed by atoms with Gasteiger partial charge in [-0.1, -0.05) is 13.8 Å². The number of likely N-dealkylation sites (N-methyl/N-ethyl adjacent to an activating group) is 1. The van der Waals surface area contributed by atoms with E-state index in [1.54, 1.807) is 0 Å². The largest absolute Gasteiger partial charge is 0.355 e. The van der Waals surface area contributed by atoms with Crippen molar-refractivity contribution >= 4 is 41.7 Å². The number of nitrogens with zero attached hydrogens (tertiary/aromatic N) is 2. The Morgan fingerprint density at radius 3 is 2.52 bits per heavy atom. The minimum Gasteiger partial charge on any atom is -0.355 e. The van der Waals surface area contributed by atoms with Crippen LogP contribution in [-0.2, 0) is 0 Å². The summed E-state index contributed by atoms with van der Waals surface area (Å²) in [5, 5.41) is 7.68. The first-order valence-electron chi connectivity index (χ1n) is 7.75. The van der Waals surface area contributed by atoms with Crippen LogP contribution >= 0.6 is 35.7 Å². The molecule has 0 aromatic heterocycles. The van der Waals surface area contributed by atoms with E-state index in [0.717, 1.165) is 24.3 Å². The molecule has 4 nitrogen and oxygen atoms in total. The highest BCUT2D eigenvalue weighted by atomic mass is 127. The minimum atomic E-state index is 0. The molecule has 1 aliphatic heterocycles. The van der Waals surface area contributed by atoms with Crippen molar-refractivity contribution in [2.75, 3.05) is 40.0 Å². The topological polar surface area (TPSA) is 39.7 Å². The maximum atomic E-state index is 4.33. The maximum Gasteiger partial charge on any atom is 0.191 e. The van der Waals surface area contributed by atoms with Gasteiger partial charge in [0, 0.05) is 31.4 Å². The molecule has 2 atom stereocenters. The molecule has 21 heavy (non-hydrogen) atoms. The minimum absolute atomic E-state index is 0. The molecule has 1 rings (SSSR count). The summed E-state index contributed by atoms with van der Waals surface area (Å²) in [5.41, 5.74) is 0. The van der Waals surface area contributed by atoms with Crippen molar-refractivity contribution in [3.63, 3.8) is 0 Å². The highest BCUT2D eigenvalue weighted by molar-refractivity contribution is 14.0. The third kappa shape index (κ3) is 9.13. The van der Waals surface area contributed by atoms with Gasteiger partial charge in [0.2, 0.25) is 0 Å². The molecule has 1 fully saturated rings. The molecule has 126 valence electrons. The molecule has 1 heterocycles. The fourth-order valence-corrected chi connectivity index (χ4v) is 3.67. The highest BCUT2D eigenvalue weighted by Crippen LogP contribution is 2.25. The van der Waals surface area contributed by atoms with Gasteiger partial charge in [-0.2, -0.15) is 11.8 Å². The van der Waals surface area contributed by atoms with Crippen LogP contribution in [0.2, 0.25) is 0 Å². The molecule has 1 saturated heterocycles. The summed E-state index contributed by atoms with van der Waals surface area (Å²) in [4.78, 5) is 6.62. The van der Waals surface area contributed by atoms with E-state index in [1.807, 2.05) is 7.05 Å². The molecule has 0 saturated carbocycles. The number of nitrogens with one attached hydrogen (secondary N) is 2. The molecule has 0 aliphatic carbocycles. The Morgan fingerprint density at radius 1 is 1.33 bits per heavy atom. The van der Waals surface area contributed by atoms with E-state index in [4.69, 9.17) is 0 Å². The lowest BCUT2D eigenvalue weighted by Crippen LogP contribution is -2.46. The Hall–Kier alpha value is 0.310. The first-order valence-corrected chi connectivity index (χ1v) is 8.80. The number of guanidine groups is 1. The Kier molecular flexibility index (Phi) is 12.0. The average molecular weight is 428 g/mol. The molecule has 0 amide bonds. The Morgan fingerprint density at radius 2 is 2.05 bits per heavy atom. The number of halogens is 1. The summed E-state index contributed by atoms with van der Waals surface area (Å²) in [6, 6.07) is 0.550.